The zero-order valence-corrected chi connectivity index (χ0v) is 11.2. The number of nitrogens with two attached hydrogens (primary N) is 1. The molecule has 2 aromatic rings. The highest BCUT2D eigenvalue weighted by Crippen LogP contribution is 2.26. The summed E-state index contributed by atoms with van der Waals surface area (Å²) in [5, 5.41) is 12.1. The van der Waals surface area contributed by atoms with E-state index in [4.69, 9.17) is 5.73 Å². The number of phenols is 1. The van der Waals surface area contributed by atoms with Crippen molar-refractivity contribution >= 4 is 33.2 Å². The largest absolute Gasteiger partial charge is 0.507 e. The van der Waals surface area contributed by atoms with Gasteiger partial charge in [0, 0.05) is 16.2 Å². The second-order valence-electron chi connectivity index (χ2n) is 3.85. The predicted octanol–water partition coefficient (Wildman–Crippen LogP) is 3.13. The van der Waals surface area contributed by atoms with Gasteiger partial charge in [-0.2, -0.15) is 0 Å². The number of anilines is 2. The summed E-state index contributed by atoms with van der Waals surface area (Å²) in [4.78, 5) is 12.0. The number of amides is 1. The number of nitrogens with one attached hydrogen (secondary N) is 1. The second-order valence-corrected chi connectivity index (χ2v) is 4.71. The monoisotopic (exact) mass is 324 g/mol. The van der Waals surface area contributed by atoms with Crippen molar-refractivity contribution in [3.8, 4) is 5.75 Å². The van der Waals surface area contributed by atoms with Crippen LogP contribution in [-0.2, 0) is 0 Å². The molecule has 0 radical (unpaired) electrons. The van der Waals surface area contributed by atoms with E-state index in [1.165, 1.54) is 6.07 Å². The van der Waals surface area contributed by atoms with Gasteiger partial charge in [-0.3, -0.25) is 4.79 Å². The number of rotatable bonds is 2. The molecule has 19 heavy (non-hydrogen) atoms. The standard InChI is InChI=1S/C13H10BrFN2O2/c14-10-4-2-8(16)6-11(10)17-13(19)9-3-1-7(15)5-12(9)18/h1-6,18H,16H2,(H,17,19). The number of benzene rings is 2. The molecule has 0 aromatic heterocycles. The molecule has 1 amide bonds. The lowest BCUT2D eigenvalue weighted by atomic mass is 10.1. The van der Waals surface area contributed by atoms with E-state index >= 15 is 0 Å². The summed E-state index contributed by atoms with van der Waals surface area (Å²) in [7, 11) is 0. The first-order valence-electron chi connectivity index (χ1n) is 5.32. The molecule has 0 aliphatic rings. The molecule has 4 N–H and O–H groups in total. The highest BCUT2D eigenvalue weighted by atomic mass is 79.9. The van der Waals surface area contributed by atoms with Gasteiger partial charge in [-0.05, 0) is 46.3 Å². The molecular weight excluding hydrogens is 315 g/mol. The topological polar surface area (TPSA) is 75.3 Å². The zero-order valence-electron chi connectivity index (χ0n) is 9.65. The van der Waals surface area contributed by atoms with Gasteiger partial charge in [-0.25, -0.2) is 4.39 Å². The minimum Gasteiger partial charge on any atom is -0.507 e. The van der Waals surface area contributed by atoms with Crippen LogP contribution in [-0.4, -0.2) is 11.0 Å². The van der Waals surface area contributed by atoms with E-state index < -0.39 is 17.5 Å². The lowest BCUT2D eigenvalue weighted by Crippen LogP contribution is -2.12. The summed E-state index contributed by atoms with van der Waals surface area (Å²) in [6.07, 6.45) is 0. The fourth-order valence-corrected chi connectivity index (χ4v) is 1.87. The van der Waals surface area contributed by atoms with Crippen LogP contribution < -0.4 is 11.1 Å². The molecule has 0 bridgehead atoms. The van der Waals surface area contributed by atoms with Crippen LogP contribution in [0.5, 0.6) is 5.75 Å². The molecule has 0 fully saturated rings. The Morgan fingerprint density at radius 3 is 2.68 bits per heavy atom. The molecule has 0 unspecified atom stereocenters. The molecule has 4 nitrogen and oxygen atoms in total. The van der Waals surface area contributed by atoms with E-state index in [0.29, 0.717) is 15.8 Å². The Hall–Kier alpha value is -2.08. The van der Waals surface area contributed by atoms with Crippen LogP contribution in [0.1, 0.15) is 10.4 Å². The highest BCUT2D eigenvalue weighted by molar-refractivity contribution is 9.10. The third-order valence-electron chi connectivity index (χ3n) is 2.44. The lowest BCUT2D eigenvalue weighted by molar-refractivity contribution is 0.102. The molecule has 0 aliphatic carbocycles. The number of hydrogen-bond acceptors (Lipinski definition) is 3. The van der Waals surface area contributed by atoms with Crippen LogP contribution >= 0.6 is 15.9 Å². The SMILES string of the molecule is Nc1ccc(Br)c(NC(=O)c2ccc(F)cc2O)c1. The number of hydrogen-bond donors (Lipinski definition) is 3. The first-order valence-corrected chi connectivity index (χ1v) is 6.11. The number of nitrogen functional groups attached to an aromatic ring is 1. The molecule has 2 rings (SSSR count). The normalized spacial score (nSPS) is 10.2. The zero-order chi connectivity index (χ0) is 14.0. The quantitative estimate of drug-likeness (QED) is 0.743. The van der Waals surface area contributed by atoms with Gasteiger partial charge in [-0.15, -0.1) is 0 Å². The van der Waals surface area contributed by atoms with Crippen molar-refractivity contribution in [2.75, 3.05) is 11.1 Å². The Bertz CT molecular complexity index is 647. The summed E-state index contributed by atoms with van der Waals surface area (Å²) in [6, 6.07) is 8.12. The molecule has 0 saturated carbocycles. The smallest absolute Gasteiger partial charge is 0.259 e. The van der Waals surface area contributed by atoms with Gasteiger partial charge in [0.25, 0.3) is 5.91 Å². The van der Waals surface area contributed by atoms with Gasteiger partial charge in [0.05, 0.1) is 11.3 Å². The van der Waals surface area contributed by atoms with Crippen molar-refractivity contribution in [3.63, 3.8) is 0 Å². The maximum absolute atomic E-state index is 12.8. The fraction of sp³-hybridized carbons (Fsp3) is 0. The molecule has 0 aliphatic heterocycles. The third-order valence-corrected chi connectivity index (χ3v) is 3.13. The van der Waals surface area contributed by atoms with Crippen LogP contribution in [0.25, 0.3) is 0 Å². The Balaban J connectivity index is 2.28. The van der Waals surface area contributed by atoms with Crippen LogP contribution in [0, 0.1) is 5.82 Å². The minimum atomic E-state index is -0.612. The van der Waals surface area contributed by atoms with E-state index in [1.54, 1.807) is 18.2 Å². The third kappa shape index (κ3) is 3.03. The van der Waals surface area contributed by atoms with Crippen LogP contribution in [0.2, 0.25) is 0 Å². The van der Waals surface area contributed by atoms with Crippen LogP contribution in [0.4, 0.5) is 15.8 Å². The maximum atomic E-state index is 12.8. The van der Waals surface area contributed by atoms with Crippen molar-refractivity contribution in [1.82, 2.24) is 0 Å². The van der Waals surface area contributed by atoms with Gasteiger partial charge >= 0.3 is 0 Å². The molecule has 98 valence electrons. The fourth-order valence-electron chi connectivity index (χ4n) is 1.53. The summed E-state index contributed by atoms with van der Waals surface area (Å²) in [5.74, 6) is -1.58. The Labute approximate surface area is 117 Å². The maximum Gasteiger partial charge on any atom is 0.259 e. The average Bonchev–Trinajstić information content (AvgIpc) is 2.33. The van der Waals surface area contributed by atoms with Gasteiger partial charge in [-0.1, -0.05) is 0 Å². The Morgan fingerprint density at radius 2 is 2.00 bits per heavy atom. The molecule has 0 spiro atoms. The molecule has 0 heterocycles. The Morgan fingerprint density at radius 1 is 1.26 bits per heavy atom. The van der Waals surface area contributed by atoms with E-state index in [2.05, 4.69) is 21.2 Å². The summed E-state index contributed by atoms with van der Waals surface area (Å²) >= 11 is 3.27. The van der Waals surface area contributed by atoms with Crippen LogP contribution in [0.15, 0.2) is 40.9 Å². The van der Waals surface area contributed by atoms with Crippen molar-refractivity contribution in [1.29, 1.82) is 0 Å². The lowest BCUT2D eigenvalue weighted by Gasteiger charge is -2.09. The second kappa shape index (κ2) is 5.27. The first kappa shape index (κ1) is 13.4. The van der Waals surface area contributed by atoms with Gasteiger partial charge in [0.2, 0.25) is 0 Å². The number of phenolic OH excluding ortho intramolecular Hbond substituents is 1. The highest BCUT2D eigenvalue weighted by Gasteiger charge is 2.13. The van der Waals surface area contributed by atoms with Crippen LogP contribution in [0.3, 0.4) is 0 Å². The van der Waals surface area contributed by atoms with Gasteiger partial charge in [0.15, 0.2) is 0 Å². The Kier molecular flexibility index (Phi) is 3.71. The predicted molar refractivity (Wildman–Crippen MR) is 74.6 cm³/mol. The number of carbonyl (C=O) groups is 1. The van der Waals surface area contributed by atoms with E-state index in [1.807, 2.05) is 0 Å². The average molecular weight is 325 g/mol. The minimum absolute atomic E-state index is 0.0178. The molecule has 6 heteroatoms. The van der Waals surface area contributed by atoms with Gasteiger partial charge in [0.1, 0.15) is 11.6 Å². The van der Waals surface area contributed by atoms with E-state index in [9.17, 15) is 14.3 Å². The summed E-state index contributed by atoms with van der Waals surface area (Å²) in [6.45, 7) is 0. The van der Waals surface area contributed by atoms with Crippen molar-refractivity contribution in [2.45, 2.75) is 0 Å². The van der Waals surface area contributed by atoms with Crippen molar-refractivity contribution in [2.24, 2.45) is 0 Å². The number of halogens is 2. The summed E-state index contributed by atoms with van der Waals surface area (Å²) in [5.41, 5.74) is 6.56. The molecular formula is C13H10BrFN2O2. The number of aromatic hydroxyl groups is 1. The first-order chi connectivity index (χ1) is 8.97. The molecule has 2 aromatic carbocycles. The van der Waals surface area contributed by atoms with Gasteiger partial charge < -0.3 is 16.2 Å². The van der Waals surface area contributed by atoms with Crippen molar-refractivity contribution in [3.05, 3.63) is 52.3 Å². The summed E-state index contributed by atoms with van der Waals surface area (Å²) < 4.78 is 13.5. The van der Waals surface area contributed by atoms with E-state index in [-0.39, 0.29) is 5.56 Å². The van der Waals surface area contributed by atoms with Crippen molar-refractivity contribution < 1.29 is 14.3 Å². The van der Waals surface area contributed by atoms with E-state index in [0.717, 1.165) is 12.1 Å². The molecule has 0 atom stereocenters. The molecule has 0 saturated heterocycles. The number of carbonyl (C=O) groups excluding carboxylic acids is 1.